The zero-order valence-corrected chi connectivity index (χ0v) is 15.2. The van der Waals surface area contributed by atoms with Crippen molar-refractivity contribution in [3.8, 4) is 5.69 Å². The molecular formula is C19H14F3N3O2S. The van der Waals surface area contributed by atoms with Gasteiger partial charge in [-0.2, -0.15) is 18.3 Å². The normalized spacial score (nSPS) is 16.0. The summed E-state index contributed by atoms with van der Waals surface area (Å²) in [4.78, 5) is 12.7. The first-order chi connectivity index (χ1) is 13.3. The van der Waals surface area contributed by atoms with Gasteiger partial charge in [-0.1, -0.05) is 24.3 Å². The van der Waals surface area contributed by atoms with Gasteiger partial charge in [0.15, 0.2) is 0 Å². The highest BCUT2D eigenvalue weighted by Gasteiger charge is 2.32. The van der Waals surface area contributed by atoms with E-state index in [-0.39, 0.29) is 17.1 Å². The van der Waals surface area contributed by atoms with E-state index in [4.69, 9.17) is 0 Å². The number of para-hydroxylation sites is 1. The summed E-state index contributed by atoms with van der Waals surface area (Å²) in [6.07, 6.45) is -4.54. The molecule has 28 heavy (non-hydrogen) atoms. The van der Waals surface area contributed by atoms with Crippen molar-refractivity contribution in [1.82, 2.24) is 9.78 Å². The first kappa shape index (κ1) is 18.4. The fourth-order valence-electron chi connectivity index (χ4n) is 3.03. The lowest BCUT2D eigenvalue weighted by Gasteiger charge is -2.12. The number of amides is 1. The predicted molar refractivity (Wildman–Crippen MR) is 98.5 cm³/mol. The van der Waals surface area contributed by atoms with Crippen molar-refractivity contribution in [2.24, 2.45) is 0 Å². The van der Waals surface area contributed by atoms with Crippen LogP contribution in [0.2, 0.25) is 0 Å². The molecule has 1 aliphatic heterocycles. The largest absolute Gasteiger partial charge is 0.416 e. The van der Waals surface area contributed by atoms with Gasteiger partial charge in [0, 0.05) is 21.9 Å². The molecule has 0 unspecified atom stereocenters. The Morgan fingerprint density at radius 2 is 1.82 bits per heavy atom. The molecule has 2 heterocycles. The molecule has 9 heteroatoms. The van der Waals surface area contributed by atoms with E-state index in [0.29, 0.717) is 22.8 Å². The number of aromatic nitrogens is 2. The maximum Gasteiger partial charge on any atom is 0.416 e. The van der Waals surface area contributed by atoms with E-state index in [0.717, 1.165) is 12.1 Å². The van der Waals surface area contributed by atoms with Crippen molar-refractivity contribution in [1.29, 1.82) is 0 Å². The van der Waals surface area contributed by atoms with Crippen molar-refractivity contribution in [2.75, 3.05) is 5.32 Å². The van der Waals surface area contributed by atoms with Crippen LogP contribution < -0.4 is 5.32 Å². The van der Waals surface area contributed by atoms with Crippen molar-refractivity contribution in [3.63, 3.8) is 0 Å². The maximum absolute atomic E-state index is 12.9. The number of benzene rings is 2. The lowest BCUT2D eigenvalue weighted by Crippen LogP contribution is -2.17. The molecule has 3 aromatic rings. The van der Waals surface area contributed by atoms with Crippen LogP contribution in [0.3, 0.4) is 0 Å². The molecule has 0 spiro atoms. The minimum absolute atomic E-state index is 0.122. The molecule has 0 aliphatic carbocycles. The van der Waals surface area contributed by atoms with Crippen LogP contribution in [-0.4, -0.2) is 19.9 Å². The average Bonchev–Trinajstić information content (AvgIpc) is 3.19. The van der Waals surface area contributed by atoms with E-state index in [1.54, 1.807) is 24.3 Å². The number of alkyl halides is 3. The molecule has 1 aromatic heterocycles. The summed E-state index contributed by atoms with van der Waals surface area (Å²) in [6, 6.07) is 13.2. The number of carbonyl (C=O) groups excluding carboxylic acids is 1. The molecule has 5 nitrogen and oxygen atoms in total. The molecule has 4 rings (SSSR count). The Morgan fingerprint density at radius 1 is 1.07 bits per heavy atom. The number of nitrogens with zero attached hydrogens (tertiary/aromatic N) is 2. The van der Waals surface area contributed by atoms with Gasteiger partial charge in [-0.15, -0.1) is 0 Å². The Kier molecular flexibility index (Phi) is 4.54. The third-order valence-corrected chi connectivity index (χ3v) is 5.56. The topological polar surface area (TPSA) is 64.0 Å². The Labute approximate surface area is 160 Å². The number of halogens is 3. The van der Waals surface area contributed by atoms with Gasteiger partial charge in [-0.05, 0) is 30.3 Å². The van der Waals surface area contributed by atoms with Gasteiger partial charge in [0.1, 0.15) is 5.82 Å². The van der Waals surface area contributed by atoms with Crippen molar-refractivity contribution < 1.29 is 22.2 Å². The van der Waals surface area contributed by atoms with Crippen LogP contribution in [0, 0.1) is 0 Å². The van der Waals surface area contributed by atoms with Gasteiger partial charge >= 0.3 is 6.18 Å². The maximum atomic E-state index is 12.9. The lowest BCUT2D eigenvalue weighted by atomic mass is 10.1. The number of carbonyl (C=O) groups is 1. The van der Waals surface area contributed by atoms with E-state index in [1.807, 2.05) is 6.07 Å². The Bertz CT molecular complexity index is 1080. The molecule has 1 N–H and O–H groups in total. The number of fused-ring (bicyclic) bond motifs is 1. The van der Waals surface area contributed by atoms with Crippen LogP contribution in [0.5, 0.6) is 0 Å². The van der Waals surface area contributed by atoms with E-state index < -0.39 is 28.4 Å². The molecule has 0 bridgehead atoms. The summed E-state index contributed by atoms with van der Waals surface area (Å²) in [5, 5.41) is 7.11. The third-order valence-electron chi connectivity index (χ3n) is 4.35. The van der Waals surface area contributed by atoms with Crippen molar-refractivity contribution in [2.45, 2.75) is 17.7 Å². The summed E-state index contributed by atoms with van der Waals surface area (Å²) in [7, 11) is -1.11. The standard InChI is InChI=1S/C19H14F3N3O2S/c20-19(21,22)13-6-4-5-12(9-13)18(26)23-17-15-10-28(27)11-16(15)24-25(17)14-7-2-1-3-8-14/h1-9H,10-11H2,(H,23,26)/t28-/m0/s1. The van der Waals surface area contributed by atoms with E-state index in [2.05, 4.69) is 10.4 Å². The summed E-state index contributed by atoms with van der Waals surface area (Å²) >= 11 is 0. The van der Waals surface area contributed by atoms with Gasteiger partial charge in [0.05, 0.1) is 28.5 Å². The second-order valence-corrected chi connectivity index (χ2v) is 7.74. The van der Waals surface area contributed by atoms with Crippen LogP contribution in [0.1, 0.15) is 27.2 Å². The Hall–Kier alpha value is -2.94. The first-order valence-corrected chi connectivity index (χ1v) is 9.81. The number of anilines is 1. The fourth-order valence-corrected chi connectivity index (χ4v) is 4.29. The molecule has 0 saturated heterocycles. The van der Waals surface area contributed by atoms with E-state index in [1.165, 1.54) is 16.8 Å². The molecule has 144 valence electrons. The van der Waals surface area contributed by atoms with Gasteiger partial charge in [-0.25, -0.2) is 4.68 Å². The fraction of sp³-hybridized carbons (Fsp3) is 0.158. The quantitative estimate of drug-likeness (QED) is 0.719. The Morgan fingerprint density at radius 3 is 2.54 bits per heavy atom. The third kappa shape index (κ3) is 3.45. The smallest absolute Gasteiger partial charge is 0.306 e. The lowest BCUT2D eigenvalue weighted by molar-refractivity contribution is -0.137. The van der Waals surface area contributed by atoms with E-state index in [9.17, 15) is 22.2 Å². The first-order valence-electron chi connectivity index (χ1n) is 8.33. The summed E-state index contributed by atoms with van der Waals surface area (Å²) < 4.78 is 52.2. The van der Waals surface area contributed by atoms with Crippen LogP contribution in [0.15, 0.2) is 54.6 Å². The van der Waals surface area contributed by atoms with Gasteiger partial charge in [0.25, 0.3) is 5.91 Å². The Balaban J connectivity index is 1.72. The summed E-state index contributed by atoms with van der Waals surface area (Å²) in [6.45, 7) is 0. The number of hydrogen-bond acceptors (Lipinski definition) is 3. The highest BCUT2D eigenvalue weighted by Crippen LogP contribution is 2.32. The monoisotopic (exact) mass is 405 g/mol. The molecule has 0 fully saturated rings. The minimum atomic E-state index is -4.54. The van der Waals surface area contributed by atoms with Crippen molar-refractivity contribution in [3.05, 3.63) is 77.0 Å². The molecule has 1 aliphatic rings. The molecule has 0 radical (unpaired) electrons. The zero-order valence-electron chi connectivity index (χ0n) is 14.4. The van der Waals surface area contributed by atoms with Crippen LogP contribution >= 0.6 is 0 Å². The highest BCUT2D eigenvalue weighted by molar-refractivity contribution is 7.83. The van der Waals surface area contributed by atoms with E-state index >= 15 is 0 Å². The summed E-state index contributed by atoms with van der Waals surface area (Å²) in [5.74, 6) is 0.153. The number of hydrogen-bond donors (Lipinski definition) is 1. The second kappa shape index (κ2) is 6.90. The van der Waals surface area contributed by atoms with Crippen LogP contribution in [-0.2, 0) is 28.5 Å². The van der Waals surface area contributed by atoms with Crippen molar-refractivity contribution >= 4 is 22.5 Å². The SMILES string of the molecule is O=C(Nc1c2c(nn1-c1ccccc1)C[S@@](=O)C2)c1cccc(C(F)(F)F)c1. The predicted octanol–water partition coefficient (Wildman–Crippen LogP) is 3.91. The molecular weight excluding hydrogens is 391 g/mol. The molecule has 1 atom stereocenters. The molecule has 0 saturated carbocycles. The number of nitrogens with one attached hydrogen (secondary N) is 1. The van der Waals surface area contributed by atoms with Gasteiger partial charge in [0.2, 0.25) is 0 Å². The molecule has 2 aromatic carbocycles. The zero-order chi connectivity index (χ0) is 19.9. The average molecular weight is 405 g/mol. The second-order valence-electron chi connectivity index (χ2n) is 6.28. The van der Waals surface area contributed by atoms with Gasteiger partial charge in [-0.3, -0.25) is 9.00 Å². The minimum Gasteiger partial charge on any atom is -0.306 e. The van der Waals surface area contributed by atoms with Crippen LogP contribution in [0.4, 0.5) is 19.0 Å². The van der Waals surface area contributed by atoms with Crippen LogP contribution in [0.25, 0.3) is 5.69 Å². The van der Waals surface area contributed by atoms with Gasteiger partial charge < -0.3 is 5.32 Å². The highest BCUT2D eigenvalue weighted by atomic mass is 32.2. The number of rotatable bonds is 3. The molecule has 1 amide bonds. The summed E-state index contributed by atoms with van der Waals surface area (Å²) in [5.41, 5.74) is 0.914.